The molecule has 3 aromatic rings. The lowest BCUT2D eigenvalue weighted by Crippen LogP contribution is -2.47. The van der Waals surface area contributed by atoms with Crippen molar-refractivity contribution in [1.82, 2.24) is 25.3 Å². The van der Waals surface area contributed by atoms with Crippen LogP contribution in [0.2, 0.25) is 5.02 Å². The molecule has 1 aromatic heterocycles. The Bertz CT molecular complexity index is 1210. The van der Waals surface area contributed by atoms with E-state index in [0.29, 0.717) is 48.6 Å². The SMILES string of the molecule is FC(F)(F)c1cccc(CN2CCN(CCNCc3nc(C4(c5ccc(Cl)cc5)CCOCC4)no3)CC2)c1. The largest absolute Gasteiger partial charge is 0.416 e. The number of halogens is 4. The lowest BCUT2D eigenvalue weighted by molar-refractivity contribution is -0.137. The van der Waals surface area contributed by atoms with E-state index >= 15 is 0 Å². The van der Waals surface area contributed by atoms with Crippen molar-refractivity contribution in [2.24, 2.45) is 0 Å². The molecular formula is C28H33ClF3N5O2. The first-order chi connectivity index (χ1) is 18.8. The summed E-state index contributed by atoms with van der Waals surface area (Å²) in [5, 5.41) is 8.43. The van der Waals surface area contributed by atoms with Crippen LogP contribution >= 0.6 is 11.6 Å². The number of rotatable bonds is 9. The molecule has 5 rings (SSSR count). The van der Waals surface area contributed by atoms with E-state index in [1.807, 2.05) is 24.3 Å². The molecule has 39 heavy (non-hydrogen) atoms. The van der Waals surface area contributed by atoms with Crippen LogP contribution in [0.5, 0.6) is 0 Å². The maximum atomic E-state index is 13.0. The van der Waals surface area contributed by atoms with Crippen LogP contribution < -0.4 is 5.32 Å². The van der Waals surface area contributed by atoms with Crippen LogP contribution in [0, 0.1) is 0 Å². The molecule has 2 aliphatic rings. The summed E-state index contributed by atoms with van der Waals surface area (Å²) in [5.41, 5.74) is 0.865. The number of nitrogens with zero attached hydrogens (tertiary/aromatic N) is 4. The van der Waals surface area contributed by atoms with Gasteiger partial charge in [0.2, 0.25) is 5.89 Å². The van der Waals surface area contributed by atoms with E-state index in [1.54, 1.807) is 6.07 Å². The van der Waals surface area contributed by atoms with E-state index in [-0.39, 0.29) is 5.41 Å². The molecule has 0 unspecified atom stereocenters. The molecule has 1 N–H and O–H groups in total. The monoisotopic (exact) mass is 563 g/mol. The van der Waals surface area contributed by atoms with E-state index in [4.69, 9.17) is 25.8 Å². The molecule has 2 aromatic carbocycles. The number of hydrogen-bond donors (Lipinski definition) is 1. The highest BCUT2D eigenvalue weighted by Crippen LogP contribution is 2.40. The van der Waals surface area contributed by atoms with Gasteiger partial charge in [0.1, 0.15) is 0 Å². The van der Waals surface area contributed by atoms with Crippen molar-refractivity contribution >= 4 is 11.6 Å². The van der Waals surface area contributed by atoms with Crippen LogP contribution in [0.3, 0.4) is 0 Å². The van der Waals surface area contributed by atoms with Crippen molar-refractivity contribution in [3.8, 4) is 0 Å². The minimum absolute atomic E-state index is 0.349. The minimum Gasteiger partial charge on any atom is -0.381 e. The van der Waals surface area contributed by atoms with Crippen LogP contribution in [0.4, 0.5) is 13.2 Å². The fraction of sp³-hybridized carbons (Fsp3) is 0.500. The Kier molecular flexibility index (Phi) is 8.88. The first kappa shape index (κ1) is 28.0. The Morgan fingerprint density at radius 3 is 2.41 bits per heavy atom. The molecule has 2 saturated heterocycles. The highest BCUT2D eigenvalue weighted by Gasteiger charge is 2.40. The van der Waals surface area contributed by atoms with Crippen molar-refractivity contribution in [1.29, 1.82) is 0 Å². The van der Waals surface area contributed by atoms with Gasteiger partial charge in [-0.3, -0.25) is 9.80 Å². The van der Waals surface area contributed by atoms with E-state index < -0.39 is 11.7 Å². The Balaban J connectivity index is 1.07. The molecule has 2 fully saturated rings. The summed E-state index contributed by atoms with van der Waals surface area (Å²) in [6, 6.07) is 13.4. The molecule has 0 atom stereocenters. The van der Waals surface area contributed by atoms with Crippen molar-refractivity contribution in [3.05, 3.63) is 82.0 Å². The highest BCUT2D eigenvalue weighted by atomic mass is 35.5. The number of benzene rings is 2. The van der Waals surface area contributed by atoms with Gasteiger partial charge in [0, 0.05) is 64.0 Å². The Morgan fingerprint density at radius 2 is 1.69 bits per heavy atom. The van der Waals surface area contributed by atoms with Crippen LogP contribution in [0.15, 0.2) is 53.1 Å². The Labute approximate surface area is 231 Å². The number of hydrogen-bond acceptors (Lipinski definition) is 7. The second-order valence-corrected chi connectivity index (χ2v) is 10.6. The van der Waals surface area contributed by atoms with Crippen molar-refractivity contribution in [2.45, 2.75) is 37.5 Å². The van der Waals surface area contributed by atoms with Gasteiger partial charge in [-0.2, -0.15) is 18.2 Å². The molecule has 0 amide bonds. The number of ether oxygens (including phenoxy) is 1. The van der Waals surface area contributed by atoms with Crippen LogP contribution in [0.1, 0.15) is 41.2 Å². The predicted molar refractivity (Wildman–Crippen MR) is 141 cm³/mol. The van der Waals surface area contributed by atoms with Gasteiger partial charge in [-0.05, 0) is 42.2 Å². The fourth-order valence-corrected chi connectivity index (χ4v) is 5.48. The van der Waals surface area contributed by atoms with Gasteiger partial charge in [-0.15, -0.1) is 0 Å². The van der Waals surface area contributed by atoms with Gasteiger partial charge in [0.15, 0.2) is 5.82 Å². The first-order valence-corrected chi connectivity index (χ1v) is 13.7. The number of aromatic nitrogens is 2. The van der Waals surface area contributed by atoms with Crippen molar-refractivity contribution in [2.75, 3.05) is 52.5 Å². The number of piperazine rings is 1. The van der Waals surface area contributed by atoms with Crippen molar-refractivity contribution in [3.63, 3.8) is 0 Å². The van der Waals surface area contributed by atoms with E-state index in [1.165, 1.54) is 12.1 Å². The summed E-state index contributed by atoms with van der Waals surface area (Å²) in [5.74, 6) is 1.23. The molecule has 0 spiro atoms. The Morgan fingerprint density at radius 1 is 0.974 bits per heavy atom. The topological polar surface area (TPSA) is 66.7 Å². The lowest BCUT2D eigenvalue weighted by Gasteiger charge is -2.35. The van der Waals surface area contributed by atoms with Gasteiger partial charge in [-0.1, -0.05) is 47.1 Å². The van der Waals surface area contributed by atoms with Gasteiger partial charge < -0.3 is 14.6 Å². The summed E-state index contributed by atoms with van der Waals surface area (Å²) >= 11 is 6.11. The average Bonchev–Trinajstić information content (AvgIpc) is 3.42. The third-order valence-electron chi connectivity index (χ3n) is 7.65. The van der Waals surface area contributed by atoms with Gasteiger partial charge in [0.05, 0.1) is 17.5 Å². The smallest absolute Gasteiger partial charge is 0.381 e. The quantitative estimate of drug-likeness (QED) is 0.377. The second-order valence-electron chi connectivity index (χ2n) is 10.2. The molecule has 7 nitrogen and oxygen atoms in total. The lowest BCUT2D eigenvalue weighted by atomic mass is 9.73. The third-order valence-corrected chi connectivity index (χ3v) is 7.90. The summed E-state index contributed by atoms with van der Waals surface area (Å²) < 4.78 is 50.2. The number of nitrogens with one attached hydrogen (secondary N) is 1. The zero-order valence-electron chi connectivity index (χ0n) is 21.7. The predicted octanol–water partition coefficient (Wildman–Crippen LogP) is 4.75. The molecule has 0 saturated carbocycles. The number of alkyl halides is 3. The zero-order valence-corrected chi connectivity index (χ0v) is 22.5. The minimum atomic E-state index is -4.31. The molecule has 0 aliphatic carbocycles. The average molecular weight is 564 g/mol. The van der Waals surface area contributed by atoms with Gasteiger partial charge in [-0.25, -0.2) is 0 Å². The summed E-state index contributed by atoms with van der Waals surface area (Å²) in [6.07, 6.45) is -2.75. The van der Waals surface area contributed by atoms with Crippen LogP contribution in [-0.2, 0) is 29.4 Å². The molecule has 3 heterocycles. The molecule has 210 valence electrons. The first-order valence-electron chi connectivity index (χ1n) is 13.3. The maximum absolute atomic E-state index is 13.0. The summed E-state index contributed by atoms with van der Waals surface area (Å²) in [4.78, 5) is 9.30. The van der Waals surface area contributed by atoms with Crippen molar-refractivity contribution < 1.29 is 22.4 Å². The molecule has 2 aliphatic heterocycles. The molecule has 0 bridgehead atoms. The van der Waals surface area contributed by atoms with Crippen LogP contribution in [0.25, 0.3) is 0 Å². The van der Waals surface area contributed by atoms with E-state index in [2.05, 4.69) is 20.3 Å². The molecule has 0 radical (unpaired) electrons. The molecule has 11 heteroatoms. The van der Waals surface area contributed by atoms with Gasteiger partial charge >= 0.3 is 6.18 Å². The summed E-state index contributed by atoms with van der Waals surface area (Å²) in [7, 11) is 0. The highest BCUT2D eigenvalue weighted by molar-refractivity contribution is 6.30. The standard InChI is InChI=1S/C28H33ClF3N5O2/c29-24-6-4-22(5-7-24)27(8-16-38-17-9-27)26-34-25(39-35-26)19-33-10-11-36-12-14-37(15-13-36)20-21-2-1-3-23(18-21)28(30,31)32/h1-7,18,33H,8-17,19-20H2. The van der Waals surface area contributed by atoms with Gasteiger partial charge in [0.25, 0.3) is 0 Å². The fourth-order valence-electron chi connectivity index (χ4n) is 5.36. The summed E-state index contributed by atoms with van der Waals surface area (Å²) in [6.45, 7) is 7.30. The molecular weight excluding hydrogens is 531 g/mol. The van der Waals surface area contributed by atoms with Crippen LogP contribution in [-0.4, -0.2) is 72.4 Å². The third kappa shape index (κ3) is 6.99. The second kappa shape index (κ2) is 12.3. The zero-order chi connectivity index (χ0) is 27.3. The Hall–Kier alpha value is -2.50. The van der Waals surface area contributed by atoms with E-state index in [9.17, 15) is 13.2 Å². The maximum Gasteiger partial charge on any atom is 0.416 e. The van der Waals surface area contributed by atoms with E-state index in [0.717, 1.165) is 63.7 Å². The normalized spacial score (nSPS) is 18.9.